The summed E-state index contributed by atoms with van der Waals surface area (Å²) >= 11 is 0. The van der Waals surface area contributed by atoms with E-state index in [4.69, 9.17) is 10.5 Å². The number of urea groups is 1. The number of amides is 3. The molecular formula is C25H37N7O3. The molecule has 35 heavy (non-hydrogen) atoms. The van der Waals surface area contributed by atoms with Gasteiger partial charge in [0, 0.05) is 32.2 Å². The van der Waals surface area contributed by atoms with Crippen molar-refractivity contribution in [1.29, 1.82) is 5.26 Å². The number of aliphatic imine (C=N–C) groups is 1. The van der Waals surface area contributed by atoms with Crippen LogP contribution in [-0.2, 0) is 9.53 Å². The molecule has 2 aliphatic rings. The molecule has 3 amide bonds. The molecule has 0 bridgehead atoms. The largest absolute Gasteiger partial charge is 0.378 e. The van der Waals surface area contributed by atoms with E-state index in [1.54, 1.807) is 0 Å². The van der Waals surface area contributed by atoms with Crippen LogP contribution in [0.5, 0.6) is 0 Å². The average Bonchev–Trinajstić information content (AvgIpc) is 3.27. The number of nitriles is 1. The van der Waals surface area contributed by atoms with E-state index in [1.165, 1.54) is 5.56 Å². The Morgan fingerprint density at radius 1 is 1.20 bits per heavy atom. The summed E-state index contributed by atoms with van der Waals surface area (Å²) in [5.74, 6) is 0.107. The van der Waals surface area contributed by atoms with Crippen molar-refractivity contribution in [2.24, 2.45) is 16.6 Å². The number of nitrogens with two attached hydrogens (primary N) is 1. The van der Waals surface area contributed by atoms with Gasteiger partial charge < -0.3 is 20.7 Å². The topological polar surface area (TPSA) is 136 Å². The fourth-order valence-corrected chi connectivity index (χ4v) is 4.54. The first-order chi connectivity index (χ1) is 16.7. The molecule has 3 unspecified atom stereocenters. The van der Waals surface area contributed by atoms with Crippen LogP contribution in [0.25, 0.3) is 0 Å². The number of ether oxygens (including phenoxy) is 1. The smallest absolute Gasteiger partial charge is 0.318 e. The molecule has 3 atom stereocenters. The van der Waals surface area contributed by atoms with Crippen molar-refractivity contribution in [3.05, 3.63) is 35.9 Å². The van der Waals surface area contributed by atoms with Gasteiger partial charge in [-0.05, 0) is 31.2 Å². The van der Waals surface area contributed by atoms with Gasteiger partial charge in [0.05, 0.1) is 19.3 Å². The van der Waals surface area contributed by atoms with Gasteiger partial charge >= 0.3 is 6.03 Å². The highest BCUT2D eigenvalue weighted by Gasteiger charge is 2.42. The Morgan fingerprint density at radius 3 is 2.49 bits per heavy atom. The minimum absolute atomic E-state index is 0.125. The summed E-state index contributed by atoms with van der Waals surface area (Å²) < 4.78 is 5.39. The molecule has 0 spiro atoms. The lowest BCUT2D eigenvalue weighted by molar-refractivity contribution is -0.124. The predicted molar refractivity (Wildman–Crippen MR) is 133 cm³/mol. The summed E-state index contributed by atoms with van der Waals surface area (Å²) in [5, 5.41) is 15.7. The molecule has 2 heterocycles. The van der Waals surface area contributed by atoms with E-state index >= 15 is 0 Å². The Balaban J connectivity index is 1.78. The number of nitrogens with zero attached hydrogens (tertiary/aromatic N) is 4. The molecule has 0 radical (unpaired) electrons. The first kappa shape index (κ1) is 26.4. The minimum Gasteiger partial charge on any atom is -0.378 e. The Labute approximate surface area is 207 Å². The molecule has 4 N–H and O–H groups in total. The average molecular weight is 484 g/mol. The third kappa shape index (κ3) is 7.16. The van der Waals surface area contributed by atoms with Crippen molar-refractivity contribution in [3.8, 4) is 6.07 Å². The number of hydrogen-bond donors (Lipinski definition) is 3. The number of carbonyl (C=O) groups is 2. The van der Waals surface area contributed by atoms with Crippen molar-refractivity contribution in [2.45, 2.75) is 51.2 Å². The number of primary amides is 1. The maximum absolute atomic E-state index is 13.5. The van der Waals surface area contributed by atoms with Gasteiger partial charge in [0.2, 0.25) is 11.9 Å². The van der Waals surface area contributed by atoms with E-state index in [0.717, 1.165) is 0 Å². The number of hydrogen-bond acceptors (Lipinski definition) is 6. The van der Waals surface area contributed by atoms with Gasteiger partial charge in [0.25, 0.3) is 0 Å². The third-order valence-electron chi connectivity index (χ3n) is 6.53. The van der Waals surface area contributed by atoms with Gasteiger partial charge in [-0.15, -0.1) is 0 Å². The van der Waals surface area contributed by atoms with Crippen LogP contribution < -0.4 is 16.4 Å². The molecule has 1 aromatic rings. The highest BCUT2D eigenvalue weighted by molar-refractivity contribution is 5.97. The van der Waals surface area contributed by atoms with Gasteiger partial charge in [0.15, 0.2) is 0 Å². The Hall–Kier alpha value is -3.16. The Morgan fingerprint density at radius 2 is 1.89 bits per heavy atom. The van der Waals surface area contributed by atoms with Gasteiger partial charge in [-0.1, -0.05) is 44.2 Å². The maximum atomic E-state index is 13.5. The quantitative estimate of drug-likeness (QED) is 0.398. The number of nitrogens with one attached hydrogen (secondary N) is 2. The molecule has 0 aliphatic carbocycles. The van der Waals surface area contributed by atoms with E-state index < -0.39 is 17.6 Å². The van der Waals surface area contributed by atoms with Crippen LogP contribution in [0.3, 0.4) is 0 Å². The van der Waals surface area contributed by atoms with Gasteiger partial charge in [-0.2, -0.15) is 5.26 Å². The monoisotopic (exact) mass is 483 g/mol. The maximum Gasteiger partial charge on any atom is 0.318 e. The van der Waals surface area contributed by atoms with Crippen LogP contribution in [0.15, 0.2) is 35.3 Å². The number of carbonyl (C=O) groups excluding carboxylic acids is 2. The SMILES string of the molecule is CC(C)CC(N=C(NC(N)=O)N1CCOCC1)C(=O)NC1(C#N)CCN(C(C)c2ccccc2)C1. The molecule has 3 rings (SSSR count). The zero-order valence-electron chi connectivity index (χ0n) is 20.9. The summed E-state index contributed by atoms with van der Waals surface area (Å²) in [5.41, 5.74) is 5.55. The predicted octanol–water partition coefficient (Wildman–Crippen LogP) is 1.60. The number of morpholine rings is 1. The Kier molecular flexibility index (Phi) is 9.07. The number of benzene rings is 1. The van der Waals surface area contributed by atoms with Gasteiger partial charge in [-0.25, -0.2) is 9.79 Å². The zero-order chi connectivity index (χ0) is 25.4. The number of rotatable bonds is 7. The summed E-state index contributed by atoms with van der Waals surface area (Å²) in [4.78, 5) is 33.8. The van der Waals surface area contributed by atoms with Crippen molar-refractivity contribution in [1.82, 2.24) is 20.4 Å². The van der Waals surface area contributed by atoms with Crippen LogP contribution in [0.4, 0.5) is 4.79 Å². The van der Waals surface area contributed by atoms with Crippen LogP contribution in [-0.4, -0.2) is 78.7 Å². The summed E-state index contributed by atoms with van der Waals surface area (Å²) in [7, 11) is 0. The van der Waals surface area contributed by atoms with Crippen LogP contribution in [0.2, 0.25) is 0 Å². The van der Waals surface area contributed by atoms with E-state index in [-0.39, 0.29) is 23.8 Å². The fourth-order valence-electron chi connectivity index (χ4n) is 4.54. The molecule has 1 aromatic carbocycles. The van der Waals surface area contributed by atoms with E-state index in [1.807, 2.05) is 36.9 Å². The molecule has 2 fully saturated rings. The summed E-state index contributed by atoms with van der Waals surface area (Å²) in [6.45, 7) is 9.30. The van der Waals surface area contributed by atoms with Crippen molar-refractivity contribution in [3.63, 3.8) is 0 Å². The van der Waals surface area contributed by atoms with Gasteiger partial charge in [-0.3, -0.25) is 15.0 Å². The number of guanidine groups is 1. The summed E-state index contributed by atoms with van der Waals surface area (Å²) in [6, 6.07) is 11.1. The van der Waals surface area contributed by atoms with E-state index in [2.05, 4.69) is 45.7 Å². The van der Waals surface area contributed by atoms with Crippen LogP contribution >= 0.6 is 0 Å². The molecule has 2 saturated heterocycles. The molecule has 190 valence electrons. The molecule has 10 heteroatoms. The normalized spacial score (nSPS) is 22.9. The first-order valence-electron chi connectivity index (χ1n) is 12.2. The van der Waals surface area contributed by atoms with Crippen molar-refractivity contribution in [2.75, 3.05) is 39.4 Å². The second-order valence-corrected chi connectivity index (χ2v) is 9.68. The molecule has 0 aromatic heterocycles. The second kappa shape index (κ2) is 12.0. The minimum atomic E-state index is -0.999. The highest BCUT2D eigenvalue weighted by Crippen LogP contribution is 2.30. The summed E-state index contributed by atoms with van der Waals surface area (Å²) in [6.07, 6.45) is 0.992. The lowest BCUT2D eigenvalue weighted by Crippen LogP contribution is -2.54. The fraction of sp³-hybridized carbons (Fsp3) is 0.600. The van der Waals surface area contributed by atoms with Gasteiger partial charge in [0.1, 0.15) is 11.6 Å². The molecular weight excluding hydrogens is 446 g/mol. The second-order valence-electron chi connectivity index (χ2n) is 9.68. The Bertz CT molecular complexity index is 940. The third-order valence-corrected chi connectivity index (χ3v) is 6.53. The zero-order valence-corrected chi connectivity index (χ0v) is 20.9. The van der Waals surface area contributed by atoms with Crippen LogP contribution in [0.1, 0.15) is 45.2 Å². The van der Waals surface area contributed by atoms with Crippen LogP contribution in [0, 0.1) is 17.2 Å². The van der Waals surface area contributed by atoms with E-state index in [0.29, 0.717) is 52.2 Å². The first-order valence-corrected chi connectivity index (χ1v) is 12.2. The highest BCUT2D eigenvalue weighted by atomic mass is 16.5. The lowest BCUT2D eigenvalue weighted by Gasteiger charge is -2.31. The number of likely N-dealkylation sites (tertiary alicyclic amines) is 1. The van der Waals surface area contributed by atoms with E-state index in [9.17, 15) is 14.9 Å². The lowest BCUT2D eigenvalue weighted by atomic mass is 9.98. The standard InChI is InChI=1S/C25H37N7O3/c1-18(2)15-21(28-24(29-23(27)34)31-11-13-35-14-12-31)22(33)30-25(16-26)9-10-32(17-25)19(3)20-7-5-4-6-8-20/h4-8,18-19,21H,9-15,17H2,1-3H3,(H,30,33)(H3,27,28,29,34). The molecule has 0 saturated carbocycles. The molecule has 10 nitrogen and oxygen atoms in total. The van der Waals surface area contributed by atoms with Crippen molar-refractivity contribution >= 4 is 17.9 Å². The van der Waals surface area contributed by atoms with Crippen molar-refractivity contribution < 1.29 is 14.3 Å². The molecule has 2 aliphatic heterocycles.